The first kappa shape index (κ1) is 19.7. The Hall–Kier alpha value is -3.01. The standard InChI is InChI=1S/C18H24N6O4/c1-10-8-12(21-15-14(10)16(26)23-18(28)22-15)17(27)24-7-3-2-4-11(24)9-20-13(25)5-6-19/h8,11H,2-7,9,19H2,1H3,(H,20,25)(H2,21,22,23,26,28). The molecule has 10 heteroatoms. The third-order valence-electron chi connectivity index (χ3n) is 4.92. The van der Waals surface area contributed by atoms with Gasteiger partial charge in [0, 0.05) is 32.1 Å². The van der Waals surface area contributed by atoms with Crippen LogP contribution in [0.2, 0.25) is 0 Å². The van der Waals surface area contributed by atoms with Crippen molar-refractivity contribution in [2.75, 3.05) is 19.6 Å². The van der Waals surface area contributed by atoms with Crippen molar-refractivity contribution in [3.8, 4) is 0 Å². The first-order chi connectivity index (χ1) is 13.4. The normalized spacial score (nSPS) is 16.9. The van der Waals surface area contributed by atoms with Gasteiger partial charge in [0.25, 0.3) is 11.5 Å². The van der Waals surface area contributed by atoms with Crippen molar-refractivity contribution in [3.05, 3.63) is 38.2 Å². The van der Waals surface area contributed by atoms with E-state index in [1.165, 1.54) is 0 Å². The fourth-order valence-electron chi connectivity index (χ4n) is 3.54. The van der Waals surface area contributed by atoms with E-state index in [1.807, 2.05) is 0 Å². The largest absolute Gasteiger partial charge is 0.354 e. The molecule has 150 valence electrons. The number of amides is 2. The van der Waals surface area contributed by atoms with Gasteiger partial charge < -0.3 is 16.0 Å². The molecule has 0 spiro atoms. The van der Waals surface area contributed by atoms with E-state index in [-0.39, 0.29) is 47.5 Å². The Labute approximate surface area is 160 Å². The molecule has 0 radical (unpaired) electrons. The first-order valence-electron chi connectivity index (χ1n) is 9.32. The van der Waals surface area contributed by atoms with Crippen molar-refractivity contribution >= 4 is 22.8 Å². The Morgan fingerprint density at radius 2 is 2.11 bits per heavy atom. The van der Waals surface area contributed by atoms with E-state index in [0.717, 1.165) is 19.3 Å². The van der Waals surface area contributed by atoms with Gasteiger partial charge in [0.05, 0.1) is 5.39 Å². The van der Waals surface area contributed by atoms with Crippen LogP contribution in [0.4, 0.5) is 0 Å². The minimum absolute atomic E-state index is 0.0851. The number of carbonyl (C=O) groups excluding carboxylic acids is 2. The van der Waals surface area contributed by atoms with Crippen LogP contribution < -0.4 is 22.3 Å². The molecular formula is C18H24N6O4. The maximum absolute atomic E-state index is 13.1. The number of hydrogen-bond donors (Lipinski definition) is 4. The lowest BCUT2D eigenvalue weighted by atomic mass is 10.0. The topological polar surface area (TPSA) is 154 Å². The van der Waals surface area contributed by atoms with Crippen LogP contribution in [0.5, 0.6) is 0 Å². The molecule has 0 aliphatic carbocycles. The lowest BCUT2D eigenvalue weighted by Gasteiger charge is -2.35. The second-order valence-electron chi connectivity index (χ2n) is 6.95. The van der Waals surface area contributed by atoms with Crippen LogP contribution in [0.15, 0.2) is 15.7 Å². The predicted molar refractivity (Wildman–Crippen MR) is 103 cm³/mol. The molecule has 2 amide bonds. The molecule has 2 aromatic rings. The third kappa shape index (κ3) is 4.11. The van der Waals surface area contributed by atoms with Gasteiger partial charge in [-0.05, 0) is 37.8 Å². The van der Waals surface area contributed by atoms with Crippen molar-refractivity contribution in [1.29, 1.82) is 0 Å². The van der Waals surface area contributed by atoms with Crippen LogP contribution in [-0.4, -0.2) is 57.3 Å². The van der Waals surface area contributed by atoms with Crippen LogP contribution in [0.1, 0.15) is 41.7 Å². The SMILES string of the molecule is Cc1cc(C(=O)N2CCCCC2CNC(=O)CCN)nc2[nH]c(=O)[nH]c(=O)c12. The molecule has 1 aliphatic rings. The summed E-state index contributed by atoms with van der Waals surface area (Å²) in [5, 5.41) is 3.07. The average molecular weight is 388 g/mol. The summed E-state index contributed by atoms with van der Waals surface area (Å²) in [6.07, 6.45) is 2.85. The van der Waals surface area contributed by atoms with Gasteiger partial charge in [-0.3, -0.25) is 24.4 Å². The monoisotopic (exact) mass is 388 g/mol. The Balaban J connectivity index is 1.87. The van der Waals surface area contributed by atoms with Crippen molar-refractivity contribution in [3.63, 3.8) is 0 Å². The van der Waals surface area contributed by atoms with E-state index in [2.05, 4.69) is 20.3 Å². The number of nitrogens with one attached hydrogen (secondary N) is 3. The number of carbonyl (C=O) groups is 2. The fraction of sp³-hybridized carbons (Fsp3) is 0.500. The van der Waals surface area contributed by atoms with Crippen molar-refractivity contribution < 1.29 is 9.59 Å². The second kappa shape index (κ2) is 8.34. The van der Waals surface area contributed by atoms with Crippen molar-refractivity contribution in [2.45, 2.75) is 38.6 Å². The molecule has 0 aromatic carbocycles. The highest BCUT2D eigenvalue weighted by molar-refractivity contribution is 5.95. The van der Waals surface area contributed by atoms with E-state index in [1.54, 1.807) is 17.9 Å². The molecular weight excluding hydrogens is 364 g/mol. The van der Waals surface area contributed by atoms with E-state index < -0.39 is 11.2 Å². The van der Waals surface area contributed by atoms with E-state index in [4.69, 9.17) is 5.73 Å². The maximum Gasteiger partial charge on any atom is 0.327 e. The average Bonchev–Trinajstić information content (AvgIpc) is 2.65. The molecule has 0 bridgehead atoms. The number of piperidine rings is 1. The molecule has 1 fully saturated rings. The Bertz CT molecular complexity index is 1010. The number of nitrogens with zero attached hydrogens (tertiary/aromatic N) is 2. The summed E-state index contributed by atoms with van der Waals surface area (Å²) in [5.74, 6) is -0.430. The minimum atomic E-state index is -0.674. The zero-order valence-corrected chi connectivity index (χ0v) is 15.7. The van der Waals surface area contributed by atoms with E-state index in [0.29, 0.717) is 18.7 Å². The molecule has 10 nitrogen and oxygen atoms in total. The molecule has 3 heterocycles. The summed E-state index contributed by atoms with van der Waals surface area (Å²) in [4.78, 5) is 58.9. The number of H-pyrrole nitrogens is 2. The Kier molecular flexibility index (Phi) is 5.88. The number of pyridine rings is 1. The summed E-state index contributed by atoms with van der Waals surface area (Å²) in [6.45, 7) is 2.88. The van der Waals surface area contributed by atoms with Gasteiger partial charge in [-0.25, -0.2) is 9.78 Å². The maximum atomic E-state index is 13.1. The molecule has 1 saturated heterocycles. The zero-order valence-electron chi connectivity index (χ0n) is 15.7. The number of likely N-dealkylation sites (tertiary alicyclic amines) is 1. The van der Waals surface area contributed by atoms with Crippen LogP contribution in [-0.2, 0) is 4.79 Å². The van der Waals surface area contributed by atoms with Gasteiger partial charge in [-0.2, -0.15) is 0 Å². The number of fused-ring (bicyclic) bond motifs is 1. The fourth-order valence-corrected chi connectivity index (χ4v) is 3.54. The number of aromatic amines is 2. The highest BCUT2D eigenvalue weighted by Crippen LogP contribution is 2.20. The van der Waals surface area contributed by atoms with Gasteiger partial charge in [0.15, 0.2) is 0 Å². The smallest absolute Gasteiger partial charge is 0.327 e. The number of rotatable bonds is 5. The quantitative estimate of drug-likeness (QED) is 0.535. The first-order valence-corrected chi connectivity index (χ1v) is 9.32. The molecule has 1 aliphatic heterocycles. The van der Waals surface area contributed by atoms with Crippen LogP contribution >= 0.6 is 0 Å². The van der Waals surface area contributed by atoms with E-state index in [9.17, 15) is 19.2 Å². The zero-order chi connectivity index (χ0) is 20.3. The summed E-state index contributed by atoms with van der Waals surface area (Å²) in [6, 6.07) is 1.41. The molecule has 28 heavy (non-hydrogen) atoms. The van der Waals surface area contributed by atoms with Crippen molar-refractivity contribution in [1.82, 2.24) is 25.2 Å². The second-order valence-corrected chi connectivity index (χ2v) is 6.95. The minimum Gasteiger partial charge on any atom is -0.354 e. The highest BCUT2D eigenvalue weighted by Gasteiger charge is 2.29. The lowest BCUT2D eigenvalue weighted by molar-refractivity contribution is -0.121. The van der Waals surface area contributed by atoms with Crippen LogP contribution in [0, 0.1) is 6.92 Å². The highest BCUT2D eigenvalue weighted by atomic mass is 16.2. The predicted octanol–water partition coefficient (Wildman–Crippen LogP) is -0.620. The summed E-state index contributed by atoms with van der Waals surface area (Å²) in [5.41, 5.74) is 4.97. The number of hydrogen-bond acceptors (Lipinski definition) is 6. The van der Waals surface area contributed by atoms with Gasteiger partial charge in [0.1, 0.15) is 11.3 Å². The van der Waals surface area contributed by atoms with Gasteiger partial charge >= 0.3 is 5.69 Å². The summed E-state index contributed by atoms with van der Waals surface area (Å²) < 4.78 is 0. The molecule has 0 saturated carbocycles. The van der Waals surface area contributed by atoms with Gasteiger partial charge in [-0.1, -0.05) is 0 Å². The van der Waals surface area contributed by atoms with Crippen molar-refractivity contribution in [2.24, 2.45) is 5.73 Å². The number of aromatic nitrogens is 3. The van der Waals surface area contributed by atoms with E-state index >= 15 is 0 Å². The molecule has 1 unspecified atom stereocenters. The van der Waals surface area contributed by atoms with Crippen LogP contribution in [0.25, 0.3) is 11.0 Å². The number of nitrogens with two attached hydrogens (primary N) is 1. The van der Waals surface area contributed by atoms with Crippen LogP contribution in [0.3, 0.4) is 0 Å². The molecule has 3 rings (SSSR count). The van der Waals surface area contributed by atoms with Gasteiger partial charge in [-0.15, -0.1) is 0 Å². The van der Waals surface area contributed by atoms with Gasteiger partial charge in [0.2, 0.25) is 5.91 Å². The summed E-state index contributed by atoms with van der Waals surface area (Å²) in [7, 11) is 0. The summed E-state index contributed by atoms with van der Waals surface area (Å²) >= 11 is 0. The molecule has 5 N–H and O–H groups in total. The Morgan fingerprint density at radius 1 is 1.32 bits per heavy atom. The Morgan fingerprint density at radius 3 is 2.86 bits per heavy atom. The third-order valence-corrected chi connectivity index (χ3v) is 4.92. The lowest BCUT2D eigenvalue weighted by Crippen LogP contribution is -2.49. The molecule has 1 atom stereocenters. The molecule has 2 aromatic heterocycles. The number of aryl methyl sites for hydroxylation is 1.